The third-order valence-corrected chi connectivity index (χ3v) is 2.75. The molecule has 0 aliphatic carbocycles. The number of hydrazine groups is 1. The molecule has 21 heavy (non-hydrogen) atoms. The molecule has 0 fully saturated rings. The zero-order chi connectivity index (χ0) is 15.2. The van der Waals surface area contributed by atoms with E-state index in [9.17, 15) is 4.79 Å². The van der Waals surface area contributed by atoms with Crippen molar-refractivity contribution in [1.82, 2.24) is 4.98 Å². The van der Waals surface area contributed by atoms with Crippen molar-refractivity contribution in [2.45, 2.75) is 0 Å². The lowest BCUT2D eigenvalue weighted by Crippen LogP contribution is -2.14. The van der Waals surface area contributed by atoms with Gasteiger partial charge < -0.3 is 15.5 Å². The van der Waals surface area contributed by atoms with Gasteiger partial charge in [0.1, 0.15) is 11.6 Å². The monoisotopic (exact) mass is 283 g/mol. The Morgan fingerprint density at radius 3 is 2.86 bits per heavy atom. The first-order chi connectivity index (χ1) is 10.2. The van der Waals surface area contributed by atoms with Crippen molar-refractivity contribution < 1.29 is 9.53 Å². The minimum Gasteiger partial charge on any atom is -0.495 e. The average molecular weight is 283 g/mol. The summed E-state index contributed by atoms with van der Waals surface area (Å²) in [5.74, 6) is 5.71. The first-order valence-electron chi connectivity index (χ1n) is 6.00. The number of aromatic nitrogens is 1. The average Bonchev–Trinajstić information content (AvgIpc) is 2.55. The Labute approximate surface area is 121 Å². The number of nitrogens with two attached hydrogens (primary N) is 1. The van der Waals surface area contributed by atoms with Gasteiger partial charge in [-0.25, -0.2) is 10.8 Å². The number of hydrogen-bond acceptors (Lipinski definition) is 6. The number of rotatable bonds is 4. The molecule has 0 saturated carbocycles. The Morgan fingerprint density at radius 1 is 1.38 bits per heavy atom. The summed E-state index contributed by atoms with van der Waals surface area (Å²) in [6, 6.07) is 9.84. The first-order valence-corrected chi connectivity index (χ1v) is 6.00. The van der Waals surface area contributed by atoms with E-state index >= 15 is 0 Å². The van der Waals surface area contributed by atoms with Gasteiger partial charge in [0.15, 0.2) is 0 Å². The van der Waals surface area contributed by atoms with Crippen LogP contribution in [0.1, 0.15) is 15.9 Å². The minimum atomic E-state index is -0.336. The number of amides is 1. The van der Waals surface area contributed by atoms with Crippen LogP contribution < -0.4 is 21.3 Å². The van der Waals surface area contributed by atoms with E-state index in [4.69, 9.17) is 15.8 Å². The summed E-state index contributed by atoms with van der Waals surface area (Å²) in [4.78, 5) is 16.1. The topological polar surface area (TPSA) is 113 Å². The maximum absolute atomic E-state index is 12.2. The zero-order valence-electron chi connectivity index (χ0n) is 11.3. The molecule has 0 unspecified atom stereocenters. The Hall–Kier alpha value is -3.11. The fourth-order valence-electron chi connectivity index (χ4n) is 1.71. The van der Waals surface area contributed by atoms with Gasteiger partial charge in [0, 0.05) is 17.8 Å². The van der Waals surface area contributed by atoms with E-state index in [0.29, 0.717) is 28.4 Å². The smallest absolute Gasteiger partial charge is 0.255 e. The van der Waals surface area contributed by atoms with Gasteiger partial charge in [0.05, 0.1) is 24.4 Å². The summed E-state index contributed by atoms with van der Waals surface area (Å²) in [6.07, 6.45) is 1.47. The molecule has 0 atom stereocenters. The van der Waals surface area contributed by atoms with E-state index in [2.05, 4.69) is 15.7 Å². The lowest BCUT2D eigenvalue weighted by molar-refractivity contribution is 0.102. The van der Waals surface area contributed by atoms with Crippen molar-refractivity contribution in [2.24, 2.45) is 5.84 Å². The fraction of sp³-hybridized carbons (Fsp3) is 0.0714. The molecule has 1 aromatic carbocycles. The molecule has 0 spiro atoms. The number of anilines is 2. The van der Waals surface area contributed by atoms with Gasteiger partial charge in [-0.2, -0.15) is 5.26 Å². The lowest BCUT2D eigenvalue weighted by Gasteiger charge is -2.10. The van der Waals surface area contributed by atoms with Crippen LogP contribution in [0.15, 0.2) is 36.5 Å². The highest BCUT2D eigenvalue weighted by atomic mass is 16.5. The number of carbonyl (C=O) groups excluding carboxylic acids is 1. The van der Waals surface area contributed by atoms with Gasteiger partial charge in [0.25, 0.3) is 5.91 Å². The van der Waals surface area contributed by atoms with Crippen molar-refractivity contribution in [3.63, 3.8) is 0 Å². The van der Waals surface area contributed by atoms with E-state index < -0.39 is 0 Å². The summed E-state index contributed by atoms with van der Waals surface area (Å²) < 4.78 is 5.16. The molecule has 7 heteroatoms. The quantitative estimate of drug-likeness (QED) is 0.579. The lowest BCUT2D eigenvalue weighted by atomic mass is 10.2. The first kappa shape index (κ1) is 14.3. The largest absolute Gasteiger partial charge is 0.495 e. The standard InChI is InChI=1S/C14H13N5O2/c1-21-12-6-9(8-15)2-3-11(12)18-14(20)10-4-5-17-13(7-10)19-16/h2-7H,16H2,1H3,(H,17,19)(H,18,20). The van der Waals surface area contributed by atoms with Crippen molar-refractivity contribution in [1.29, 1.82) is 5.26 Å². The van der Waals surface area contributed by atoms with E-state index in [1.54, 1.807) is 24.3 Å². The highest BCUT2D eigenvalue weighted by Gasteiger charge is 2.11. The Balaban J connectivity index is 2.25. The van der Waals surface area contributed by atoms with Crippen LogP contribution in [0.3, 0.4) is 0 Å². The molecule has 2 rings (SSSR count). The van der Waals surface area contributed by atoms with Gasteiger partial charge in [-0.05, 0) is 24.3 Å². The molecular formula is C14H13N5O2. The van der Waals surface area contributed by atoms with Crippen LogP contribution in [-0.2, 0) is 0 Å². The summed E-state index contributed by atoms with van der Waals surface area (Å²) in [7, 11) is 1.47. The number of benzene rings is 1. The third-order valence-electron chi connectivity index (χ3n) is 2.75. The third kappa shape index (κ3) is 3.26. The van der Waals surface area contributed by atoms with Crippen LogP contribution in [0.25, 0.3) is 0 Å². The number of pyridine rings is 1. The van der Waals surface area contributed by atoms with Gasteiger partial charge in [-0.3, -0.25) is 4.79 Å². The van der Waals surface area contributed by atoms with Crippen LogP contribution in [0.2, 0.25) is 0 Å². The minimum absolute atomic E-state index is 0.336. The molecule has 2 aromatic rings. The molecular weight excluding hydrogens is 270 g/mol. The van der Waals surface area contributed by atoms with Crippen molar-refractivity contribution in [2.75, 3.05) is 17.9 Å². The molecule has 4 N–H and O–H groups in total. The van der Waals surface area contributed by atoms with E-state index in [-0.39, 0.29) is 5.91 Å². The number of nitriles is 1. The van der Waals surface area contributed by atoms with Gasteiger partial charge in [-0.15, -0.1) is 0 Å². The zero-order valence-corrected chi connectivity index (χ0v) is 11.3. The number of methoxy groups -OCH3 is 1. The van der Waals surface area contributed by atoms with Gasteiger partial charge >= 0.3 is 0 Å². The van der Waals surface area contributed by atoms with E-state index in [1.165, 1.54) is 19.4 Å². The maximum Gasteiger partial charge on any atom is 0.255 e. The number of ether oxygens (including phenoxy) is 1. The highest BCUT2D eigenvalue weighted by Crippen LogP contribution is 2.25. The summed E-state index contributed by atoms with van der Waals surface area (Å²) in [5, 5.41) is 11.6. The molecule has 1 heterocycles. The van der Waals surface area contributed by atoms with Gasteiger partial charge in [0.2, 0.25) is 0 Å². The number of hydrogen-bond donors (Lipinski definition) is 3. The Bertz CT molecular complexity index is 709. The van der Waals surface area contributed by atoms with E-state index in [1.807, 2.05) is 6.07 Å². The SMILES string of the molecule is COc1cc(C#N)ccc1NC(=O)c1ccnc(NN)c1. The molecule has 0 radical (unpaired) electrons. The molecule has 1 aromatic heterocycles. The normalized spacial score (nSPS) is 9.57. The molecule has 0 bridgehead atoms. The predicted octanol–water partition coefficient (Wildman–Crippen LogP) is 1.50. The number of nitrogen functional groups attached to an aromatic ring is 1. The summed E-state index contributed by atoms with van der Waals surface area (Å²) in [5.41, 5.74) is 3.69. The second kappa shape index (κ2) is 6.36. The Morgan fingerprint density at radius 2 is 2.19 bits per heavy atom. The maximum atomic E-state index is 12.2. The van der Waals surface area contributed by atoms with Crippen LogP contribution in [-0.4, -0.2) is 18.0 Å². The second-order valence-corrected chi connectivity index (χ2v) is 4.06. The van der Waals surface area contributed by atoms with Crippen LogP contribution in [0.5, 0.6) is 5.75 Å². The Kier molecular flexibility index (Phi) is 4.33. The number of nitrogens with one attached hydrogen (secondary N) is 2. The molecule has 0 aliphatic heterocycles. The summed E-state index contributed by atoms with van der Waals surface area (Å²) >= 11 is 0. The van der Waals surface area contributed by atoms with Crippen LogP contribution >= 0.6 is 0 Å². The number of nitrogens with zero attached hydrogens (tertiary/aromatic N) is 2. The van der Waals surface area contributed by atoms with Crippen LogP contribution in [0.4, 0.5) is 11.5 Å². The fourth-order valence-corrected chi connectivity index (χ4v) is 1.71. The molecule has 7 nitrogen and oxygen atoms in total. The highest BCUT2D eigenvalue weighted by molar-refractivity contribution is 6.05. The molecule has 1 amide bonds. The molecule has 106 valence electrons. The summed E-state index contributed by atoms with van der Waals surface area (Å²) in [6.45, 7) is 0. The van der Waals surface area contributed by atoms with E-state index in [0.717, 1.165) is 0 Å². The molecule has 0 saturated heterocycles. The predicted molar refractivity (Wildman–Crippen MR) is 77.7 cm³/mol. The second-order valence-electron chi connectivity index (χ2n) is 4.06. The van der Waals surface area contributed by atoms with Crippen molar-refractivity contribution in [3.8, 4) is 11.8 Å². The molecule has 0 aliphatic rings. The number of carbonyl (C=O) groups is 1. The van der Waals surface area contributed by atoms with Gasteiger partial charge in [-0.1, -0.05) is 0 Å². The van der Waals surface area contributed by atoms with Crippen LogP contribution in [0, 0.1) is 11.3 Å². The van der Waals surface area contributed by atoms with Crippen molar-refractivity contribution >= 4 is 17.4 Å². The van der Waals surface area contributed by atoms with Crippen molar-refractivity contribution in [3.05, 3.63) is 47.7 Å².